The van der Waals surface area contributed by atoms with Crippen LogP contribution in [0.3, 0.4) is 0 Å². The highest BCUT2D eigenvalue weighted by Gasteiger charge is 2.18. The fourth-order valence-electron chi connectivity index (χ4n) is 2.72. The number of rotatable bonds is 7. The maximum absolute atomic E-state index is 12.5. The fourth-order valence-corrected chi connectivity index (χ4v) is 3.52. The second-order valence-electron chi connectivity index (χ2n) is 6.42. The van der Waals surface area contributed by atoms with E-state index < -0.39 is 0 Å². The number of thiophene rings is 1. The summed E-state index contributed by atoms with van der Waals surface area (Å²) < 4.78 is 5.58. The number of carbonyl (C=O) groups excluding carboxylic acids is 2. The lowest BCUT2D eigenvalue weighted by Gasteiger charge is -2.18. The monoisotopic (exact) mass is 394 g/mol. The van der Waals surface area contributed by atoms with Crippen molar-refractivity contribution in [2.75, 3.05) is 11.9 Å². The Morgan fingerprint density at radius 1 is 1.04 bits per heavy atom. The van der Waals surface area contributed by atoms with Crippen molar-refractivity contribution in [3.05, 3.63) is 82.0 Å². The van der Waals surface area contributed by atoms with Crippen LogP contribution in [0, 0.1) is 6.92 Å². The van der Waals surface area contributed by atoms with Crippen molar-refractivity contribution in [1.29, 1.82) is 0 Å². The summed E-state index contributed by atoms with van der Waals surface area (Å²) in [5.74, 6) is 0.223. The molecule has 1 atom stereocenters. The van der Waals surface area contributed by atoms with Gasteiger partial charge in [-0.15, -0.1) is 11.3 Å². The molecule has 2 aromatic carbocycles. The molecule has 3 aromatic rings. The third kappa shape index (κ3) is 5.44. The third-order valence-electron chi connectivity index (χ3n) is 4.09. The number of hydrogen-bond acceptors (Lipinski definition) is 4. The average Bonchev–Trinajstić information content (AvgIpc) is 3.20. The van der Waals surface area contributed by atoms with Gasteiger partial charge in [-0.05, 0) is 48.2 Å². The van der Waals surface area contributed by atoms with Crippen molar-refractivity contribution in [2.24, 2.45) is 0 Å². The molecule has 0 unspecified atom stereocenters. The first-order valence-corrected chi connectivity index (χ1v) is 9.79. The number of ether oxygens (including phenoxy) is 1. The number of anilines is 1. The van der Waals surface area contributed by atoms with Gasteiger partial charge >= 0.3 is 0 Å². The molecule has 2 amide bonds. The molecule has 5 nitrogen and oxygen atoms in total. The van der Waals surface area contributed by atoms with E-state index in [0.717, 1.165) is 10.4 Å². The Bertz CT molecular complexity index is 919. The molecule has 0 radical (unpaired) electrons. The van der Waals surface area contributed by atoms with Crippen LogP contribution in [-0.2, 0) is 9.59 Å². The fraction of sp³-hybridized carbons (Fsp3) is 0.182. The van der Waals surface area contributed by atoms with Crippen molar-refractivity contribution in [3.63, 3.8) is 0 Å². The van der Waals surface area contributed by atoms with Crippen LogP contribution in [-0.4, -0.2) is 18.4 Å². The summed E-state index contributed by atoms with van der Waals surface area (Å²) in [5, 5.41) is 7.74. The molecule has 2 N–H and O–H groups in total. The van der Waals surface area contributed by atoms with Gasteiger partial charge in [0.1, 0.15) is 5.75 Å². The van der Waals surface area contributed by atoms with Gasteiger partial charge in [0.25, 0.3) is 5.91 Å². The zero-order valence-electron chi connectivity index (χ0n) is 15.8. The molecule has 0 spiro atoms. The molecule has 0 bridgehead atoms. The molecule has 0 aliphatic heterocycles. The second kappa shape index (κ2) is 9.19. The Morgan fingerprint density at radius 3 is 2.36 bits per heavy atom. The molecule has 0 saturated carbocycles. The van der Waals surface area contributed by atoms with Crippen LogP contribution in [0.1, 0.15) is 29.0 Å². The first kappa shape index (κ1) is 19.6. The van der Waals surface area contributed by atoms with Gasteiger partial charge in [0.15, 0.2) is 6.61 Å². The standard InChI is InChI=1S/C22H22N2O3S/c1-15-5-7-17(8-6-15)22(20-4-3-13-28-20)24-21(26)14-27-19-11-9-18(10-12-19)23-16(2)25/h3-13,22H,14H2,1-2H3,(H,23,25)(H,24,26)/t22-/m1/s1. The molecule has 144 valence electrons. The van der Waals surface area contributed by atoms with Crippen LogP contribution in [0.25, 0.3) is 0 Å². The lowest BCUT2D eigenvalue weighted by Crippen LogP contribution is -2.32. The maximum atomic E-state index is 12.5. The predicted octanol–water partition coefficient (Wildman–Crippen LogP) is 4.30. The number of benzene rings is 2. The van der Waals surface area contributed by atoms with Crippen molar-refractivity contribution < 1.29 is 14.3 Å². The molecule has 1 aromatic heterocycles. The Hall–Kier alpha value is -3.12. The molecule has 3 rings (SSSR count). The van der Waals surface area contributed by atoms with E-state index in [1.165, 1.54) is 12.5 Å². The third-order valence-corrected chi connectivity index (χ3v) is 5.03. The summed E-state index contributed by atoms with van der Waals surface area (Å²) in [6.45, 7) is 3.40. The van der Waals surface area contributed by atoms with Gasteiger partial charge in [0.05, 0.1) is 6.04 Å². The molecule has 28 heavy (non-hydrogen) atoms. The largest absolute Gasteiger partial charge is 0.484 e. The Balaban J connectivity index is 1.62. The summed E-state index contributed by atoms with van der Waals surface area (Å²) in [7, 11) is 0. The van der Waals surface area contributed by atoms with Crippen LogP contribution < -0.4 is 15.4 Å². The minimum absolute atomic E-state index is 0.0901. The average molecular weight is 394 g/mol. The van der Waals surface area contributed by atoms with E-state index in [0.29, 0.717) is 11.4 Å². The van der Waals surface area contributed by atoms with E-state index in [1.807, 2.05) is 48.7 Å². The quantitative estimate of drug-likeness (QED) is 0.628. The molecular weight excluding hydrogens is 372 g/mol. The van der Waals surface area contributed by atoms with Gasteiger partial charge in [0.2, 0.25) is 5.91 Å². The molecule has 0 saturated heterocycles. The van der Waals surface area contributed by atoms with E-state index in [-0.39, 0.29) is 24.5 Å². The highest BCUT2D eigenvalue weighted by Crippen LogP contribution is 2.26. The zero-order valence-corrected chi connectivity index (χ0v) is 16.6. The molecule has 1 heterocycles. The minimum atomic E-state index is -0.209. The topological polar surface area (TPSA) is 67.4 Å². The van der Waals surface area contributed by atoms with Crippen molar-refractivity contribution >= 4 is 28.8 Å². The predicted molar refractivity (Wildman–Crippen MR) is 112 cm³/mol. The van der Waals surface area contributed by atoms with E-state index in [1.54, 1.807) is 35.6 Å². The maximum Gasteiger partial charge on any atom is 0.258 e. The number of nitrogens with one attached hydrogen (secondary N) is 2. The van der Waals surface area contributed by atoms with Gasteiger partial charge in [-0.1, -0.05) is 35.9 Å². The number of amides is 2. The van der Waals surface area contributed by atoms with E-state index in [4.69, 9.17) is 4.74 Å². The lowest BCUT2D eigenvalue weighted by atomic mass is 10.0. The normalized spacial score (nSPS) is 11.5. The summed E-state index contributed by atoms with van der Waals surface area (Å²) in [6, 6.07) is 18.8. The van der Waals surface area contributed by atoms with Crippen LogP contribution in [0.2, 0.25) is 0 Å². The number of hydrogen-bond donors (Lipinski definition) is 2. The van der Waals surface area contributed by atoms with Gasteiger partial charge in [-0.25, -0.2) is 0 Å². The summed E-state index contributed by atoms with van der Waals surface area (Å²) in [4.78, 5) is 24.6. The van der Waals surface area contributed by atoms with Crippen LogP contribution in [0.4, 0.5) is 5.69 Å². The summed E-state index contributed by atoms with van der Waals surface area (Å²) in [5.41, 5.74) is 2.88. The zero-order chi connectivity index (χ0) is 19.9. The van der Waals surface area contributed by atoms with Gasteiger partial charge in [0, 0.05) is 17.5 Å². The smallest absolute Gasteiger partial charge is 0.258 e. The van der Waals surface area contributed by atoms with Gasteiger partial charge in [-0.3, -0.25) is 9.59 Å². The second-order valence-corrected chi connectivity index (χ2v) is 7.40. The number of aryl methyl sites for hydroxylation is 1. The van der Waals surface area contributed by atoms with Crippen molar-refractivity contribution in [2.45, 2.75) is 19.9 Å². The Morgan fingerprint density at radius 2 is 1.75 bits per heavy atom. The van der Waals surface area contributed by atoms with E-state index in [9.17, 15) is 9.59 Å². The van der Waals surface area contributed by atoms with Crippen LogP contribution in [0.15, 0.2) is 66.0 Å². The molecule has 0 aliphatic rings. The molecule has 0 fully saturated rings. The van der Waals surface area contributed by atoms with E-state index in [2.05, 4.69) is 10.6 Å². The minimum Gasteiger partial charge on any atom is -0.484 e. The Kier molecular flexibility index (Phi) is 6.45. The SMILES string of the molecule is CC(=O)Nc1ccc(OCC(=O)N[C@H](c2ccc(C)cc2)c2cccs2)cc1. The highest BCUT2D eigenvalue weighted by atomic mass is 32.1. The van der Waals surface area contributed by atoms with Crippen molar-refractivity contribution in [3.8, 4) is 5.75 Å². The molecule has 6 heteroatoms. The Labute approximate surface area is 168 Å². The van der Waals surface area contributed by atoms with Gasteiger partial charge < -0.3 is 15.4 Å². The van der Waals surface area contributed by atoms with Crippen LogP contribution in [0.5, 0.6) is 5.75 Å². The molecule has 0 aliphatic carbocycles. The van der Waals surface area contributed by atoms with E-state index >= 15 is 0 Å². The lowest BCUT2D eigenvalue weighted by molar-refractivity contribution is -0.123. The highest BCUT2D eigenvalue weighted by molar-refractivity contribution is 7.10. The molecular formula is C22H22N2O3S. The number of carbonyl (C=O) groups is 2. The summed E-state index contributed by atoms with van der Waals surface area (Å²) in [6.07, 6.45) is 0. The van der Waals surface area contributed by atoms with Crippen molar-refractivity contribution in [1.82, 2.24) is 5.32 Å². The first-order valence-electron chi connectivity index (χ1n) is 8.91. The van der Waals surface area contributed by atoms with Crippen LogP contribution >= 0.6 is 11.3 Å². The summed E-state index contributed by atoms with van der Waals surface area (Å²) >= 11 is 1.60. The first-order chi connectivity index (χ1) is 13.5. The van der Waals surface area contributed by atoms with Gasteiger partial charge in [-0.2, -0.15) is 0 Å².